The molecule has 0 saturated heterocycles. The van der Waals surface area contributed by atoms with Crippen LogP contribution in [0.2, 0.25) is 0 Å². The summed E-state index contributed by atoms with van der Waals surface area (Å²) in [6.07, 6.45) is 3.73. The van der Waals surface area contributed by atoms with E-state index in [9.17, 15) is 0 Å². The molecule has 0 unspecified atom stereocenters. The van der Waals surface area contributed by atoms with Gasteiger partial charge in [0.15, 0.2) is 0 Å². The van der Waals surface area contributed by atoms with Crippen molar-refractivity contribution in [2.75, 3.05) is 0 Å². The van der Waals surface area contributed by atoms with Gasteiger partial charge in [-0.2, -0.15) is 0 Å². The minimum atomic E-state index is -0.132. The van der Waals surface area contributed by atoms with Crippen molar-refractivity contribution in [2.24, 2.45) is 0 Å². The Morgan fingerprint density at radius 3 is 1.24 bits per heavy atom. The molecular weight excluding hydrogens is 701 g/mol. The highest BCUT2D eigenvalue weighted by Crippen LogP contribution is 2.51. The zero-order valence-corrected chi connectivity index (χ0v) is 32.5. The molecule has 0 bridgehead atoms. The Kier molecular flexibility index (Phi) is 7.87. The van der Waals surface area contributed by atoms with E-state index in [0.29, 0.717) is 0 Å². The summed E-state index contributed by atoms with van der Waals surface area (Å²) in [7, 11) is 0. The van der Waals surface area contributed by atoms with Crippen molar-refractivity contribution in [3.63, 3.8) is 0 Å². The summed E-state index contributed by atoms with van der Waals surface area (Å²) in [5.74, 6) is 0. The normalized spacial score (nSPS) is 12.8. The van der Waals surface area contributed by atoms with Crippen molar-refractivity contribution >= 4 is 21.8 Å². The maximum absolute atomic E-state index is 4.30. The molecule has 1 aliphatic carbocycles. The third-order valence-electron chi connectivity index (χ3n) is 12.3. The Balaban J connectivity index is 0.940. The Morgan fingerprint density at radius 2 is 0.759 bits per heavy atom. The van der Waals surface area contributed by atoms with Gasteiger partial charge in [-0.3, -0.25) is 4.98 Å². The lowest BCUT2D eigenvalue weighted by Crippen LogP contribution is -2.15. The third kappa shape index (κ3) is 5.60. The van der Waals surface area contributed by atoms with Crippen LogP contribution < -0.4 is 0 Å². The lowest BCUT2D eigenvalue weighted by Gasteiger charge is -2.22. The highest BCUT2D eigenvalue weighted by molar-refractivity contribution is 6.11. The number of benzene rings is 8. The molecule has 0 fully saturated rings. The summed E-state index contributed by atoms with van der Waals surface area (Å²) in [6, 6.07) is 71.3. The van der Waals surface area contributed by atoms with E-state index in [1.807, 2.05) is 18.5 Å². The van der Waals surface area contributed by atoms with Crippen LogP contribution >= 0.6 is 0 Å². The van der Waals surface area contributed by atoms with E-state index < -0.39 is 0 Å². The van der Waals surface area contributed by atoms with E-state index in [2.05, 4.69) is 211 Å². The van der Waals surface area contributed by atoms with Crippen LogP contribution in [-0.4, -0.2) is 9.55 Å². The molecule has 2 heteroatoms. The summed E-state index contributed by atoms with van der Waals surface area (Å²) >= 11 is 0. The van der Waals surface area contributed by atoms with Crippen LogP contribution in [0.15, 0.2) is 207 Å². The fourth-order valence-corrected chi connectivity index (χ4v) is 9.21. The average molecular weight is 741 g/mol. The van der Waals surface area contributed by atoms with Crippen LogP contribution in [0.25, 0.3) is 94.3 Å². The molecule has 8 aromatic carbocycles. The number of hydrogen-bond donors (Lipinski definition) is 0. The van der Waals surface area contributed by atoms with Gasteiger partial charge in [0.2, 0.25) is 0 Å². The van der Waals surface area contributed by atoms with Crippen LogP contribution in [0, 0.1) is 0 Å². The third-order valence-corrected chi connectivity index (χ3v) is 12.3. The molecule has 10 aromatic rings. The molecule has 2 heterocycles. The van der Waals surface area contributed by atoms with Gasteiger partial charge in [-0.15, -0.1) is 0 Å². The van der Waals surface area contributed by atoms with Crippen LogP contribution in [0.4, 0.5) is 0 Å². The zero-order valence-electron chi connectivity index (χ0n) is 32.5. The second-order valence-corrected chi connectivity index (χ2v) is 16.0. The standard InChI is InChI=1S/C56H40N2/c1-56(2)52-34-44(39-15-17-41(18-16-39)46-14-9-31-57-36-46)21-27-48(52)49-28-22-45(35-53(49)56)40-19-25-47(26-20-40)58-54-29-23-42(37-10-5-3-6-11-37)32-50(54)51-33-43(24-30-55(51)58)38-12-7-4-8-13-38/h3-36H,1-2H3. The average Bonchev–Trinajstić information content (AvgIpc) is 3.74. The fourth-order valence-electron chi connectivity index (χ4n) is 9.21. The molecule has 2 aromatic heterocycles. The summed E-state index contributed by atoms with van der Waals surface area (Å²) < 4.78 is 2.42. The van der Waals surface area contributed by atoms with E-state index in [0.717, 1.165) is 11.3 Å². The molecular formula is C56H40N2. The number of pyridine rings is 1. The van der Waals surface area contributed by atoms with Crippen molar-refractivity contribution in [1.29, 1.82) is 0 Å². The minimum absolute atomic E-state index is 0.132. The van der Waals surface area contributed by atoms with Crippen molar-refractivity contribution in [1.82, 2.24) is 9.55 Å². The van der Waals surface area contributed by atoms with E-state index >= 15 is 0 Å². The minimum Gasteiger partial charge on any atom is -0.309 e. The van der Waals surface area contributed by atoms with Gasteiger partial charge < -0.3 is 4.57 Å². The highest BCUT2D eigenvalue weighted by Gasteiger charge is 2.36. The predicted molar refractivity (Wildman–Crippen MR) is 243 cm³/mol. The summed E-state index contributed by atoms with van der Waals surface area (Å²) in [5.41, 5.74) is 20.9. The molecule has 11 rings (SSSR count). The lowest BCUT2D eigenvalue weighted by molar-refractivity contribution is 0.661. The van der Waals surface area contributed by atoms with Crippen LogP contribution in [0.5, 0.6) is 0 Å². The Labute approximate surface area is 339 Å². The van der Waals surface area contributed by atoms with E-state index in [-0.39, 0.29) is 5.41 Å². The summed E-state index contributed by atoms with van der Waals surface area (Å²) in [4.78, 5) is 4.30. The SMILES string of the molecule is CC1(C)c2cc(-c3ccc(-c4cccnc4)cc3)ccc2-c2ccc(-c3ccc(-n4c5ccc(-c6ccccc6)cc5c5cc(-c6ccccc6)ccc54)cc3)cc21. The van der Waals surface area contributed by atoms with Gasteiger partial charge in [-0.25, -0.2) is 0 Å². The van der Waals surface area contributed by atoms with Gasteiger partial charge in [0, 0.05) is 34.3 Å². The molecule has 0 saturated carbocycles. The second kappa shape index (κ2) is 13.4. The van der Waals surface area contributed by atoms with Gasteiger partial charge in [-0.05, 0) is 132 Å². The van der Waals surface area contributed by atoms with Gasteiger partial charge in [0.25, 0.3) is 0 Å². The number of rotatable bonds is 6. The number of hydrogen-bond acceptors (Lipinski definition) is 1. The quantitative estimate of drug-likeness (QED) is 0.166. The van der Waals surface area contributed by atoms with Gasteiger partial charge in [0.05, 0.1) is 11.0 Å². The van der Waals surface area contributed by atoms with Gasteiger partial charge in [0.1, 0.15) is 0 Å². The van der Waals surface area contributed by atoms with E-state index in [4.69, 9.17) is 0 Å². The smallest absolute Gasteiger partial charge is 0.0541 e. The second-order valence-electron chi connectivity index (χ2n) is 16.0. The maximum atomic E-state index is 4.30. The van der Waals surface area contributed by atoms with Crippen molar-refractivity contribution in [3.8, 4) is 72.4 Å². The van der Waals surface area contributed by atoms with Crippen molar-refractivity contribution in [2.45, 2.75) is 19.3 Å². The van der Waals surface area contributed by atoms with Gasteiger partial charge in [-0.1, -0.05) is 153 Å². The van der Waals surface area contributed by atoms with Crippen LogP contribution in [-0.2, 0) is 5.41 Å². The first-order chi connectivity index (χ1) is 28.5. The van der Waals surface area contributed by atoms with Crippen molar-refractivity contribution in [3.05, 3.63) is 218 Å². The van der Waals surface area contributed by atoms with Gasteiger partial charge >= 0.3 is 0 Å². The Bertz CT molecular complexity index is 3040. The Hall–Kier alpha value is -7.29. The first kappa shape index (κ1) is 34.0. The molecule has 0 atom stereocenters. The predicted octanol–water partition coefficient (Wildman–Crippen LogP) is 14.8. The topological polar surface area (TPSA) is 17.8 Å². The molecule has 0 spiro atoms. The largest absolute Gasteiger partial charge is 0.309 e. The monoisotopic (exact) mass is 740 g/mol. The van der Waals surface area contributed by atoms with Crippen LogP contribution in [0.3, 0.4) is 0 Å². The number of nitrogens with zero attached hydrogens (tertiary/aromatic N) is 2. The summed E-state index contributed by atoms with van der Waals surface area (Å²) in [6.45, 7) is 4.74. The van der Waals surface area contributed by atoms with E-state index in [1.54, 1.807) is 0 Å². The molecule has 0 radical (unpaired) electrons. The van der Waals surface area contributed by atoms with Crippen molar-refractivity contribution < 1.29 is 0 Å². The molecule has 274 valence electrons. The molecule has 1 aliphatic rings. The zero-order chi connectivity index (χ0) is 38.8. The van der Waals surface area contributed by atoms with E-state index in [1.165, 1.54) is 94.1 Å². The molecule has 0 aliphatic heterocycles. The molecule has 0 amide bonds. The molecule has 0 N–H and O–H groups in total. The first-order valence-electron chi connectivity index (χ1n) is 20.1. The fraction of sp³-hybridized carbons (Fsp3) is 0.0536. The molecule has 2 nitrogen and oxygen atoms in total. The maximum Gasteiger partial charge on any atom is 0.0541 e. The van der Waals surface area contributed by atoms with Crippen LogP contribution in [0.1, 0.15) is 25.0 Å². The summed E-state index contributed by atoms with van der Waals surface area (Å²) in [5, 5.41) is 2.51. The molecule has 58 heavy (non-hydrogen) atoms. The first-order valence-corrected chi connectivity index (χ1v) is 20.1. The Morgan fingerprint density at radius 1 is 0.362 bits per heavy atom. The number of fused-ring (bicyclic) bond motifs is 6. The lowest BCUT2D eigenvalue weighted by atomic mass is 9.81. The number of aromatic nitrogens is 2. The highest BCUT2D eigenvalue weighted by atomic mass is 15.0.